The Balaban J connectivity index is 1.77. The maximum atomic E-state index is 11.5. The molecule has 0 aliphatic carbocycles. The zero-order valence-electron chi connectivity index (χ0n) is 13.5. The lowest BCUT2D eigenvalue weighted by Gasteiger charge is -2.14. The number of anilines is 3. The second-order valence-corrected chi connectivity index (χ2v) is 8.71. The molecule has 0 amide bonds. The van der Waals surface area contributed by atoms with E-state index in [9.17, 15) is 8.42 Å². The van der Waals surface area contributed by atoms with Crippen molar-refractivity contribution in [3.8, 4) is 0 Å². The van der Waals surface area contributed by atoms with Crippen LogP contribution in [0.15, 0.2) is 24.4 Å². The van der Waals surface area contributed by atoms with Crippen molar-refractivity contribution in [2.24, 2.45) is 0 Å². The van der Waals surface area contributed by atoms with Crippen molar-refractivity contribution in [1.29, 1.82) is 0 Å². The van der Waals surface area contributed by atoms with E-state index in [0.717, 1.165) is 16.8 Å². The monoisotopic (exact) mass is 366 g/mol. The fraction of sp³-hybridized carbons (Fsp3) is 0.375. The van der Waals surface area contributed by atoms with Gasteiger partial charge in [0.25, 0.3) is 0 Å². The van der Waals surface area contributed by atoms with Crippen LogP contribution >= 0.6 is 11.6 Å². The second kappa shape index (κ2) is 6.57. The fourth-order valence-electron chi connectivity index (χ4n) is 2.79. The van der Waals surface area contributed by atoms with Gasteiger partial charge in [0.2, 0.25) is 5.95 Å². The Morgan fingerprint density at radius 1 is 1.29 bits per heavy atom. The summed E-state index contributed by atoms with van der Waals surface area (Å²) in [5, 5.41) is 6.92. The predicted molar refractivity (Wildman–Crippen MR) is 96.9 cm³/mol. The fourth-order valence-corrected chi connectivity index (χ4v) is 4.83. The van der Waals surface area contributed by atoms with Gasteiger partial charge in [0, 0.05) is 12.2 Å². The Hall–Kier alpha value is -1.86. The van der Waals surface area contributed by atoms with Gasteiger partial charge in [0.05, 0.1) is 22.2 Å². The third kappa shape index (κ3) is 3.96. The third-order valence-corrected chi connectivity index (χ3v) is 5.97. The summed E-state index contributed by atoms with van der Waals surface area (Å²) >= 11 is 6.31. The molecule has 1 atom stereocenters. The SMILES string of the molecule is Cc1cc(C)c(Nc2ccnc(NC3CCS(=O)(=O)C3)n2)c(Cl)c1. The maximum absolute atomic E-state index is 11.5. The van der Waals surface area contributed by atoms with Crippen LogP contribution in [0.3, 0.4) is 0 Å². The van der Waals surface area contributed by atoms with Gasteiger partial charge in [-0.15, -0.1) is 0 Å². The molecule has 3 rings (SSSR count). The summed E-state index contributed by atoms with van der Waals surface area (Å²) in [5.74, 6) is 1.34. The predicted octanol–water partition coefficient (Wildman–Crippen LogP) is 3.09. The van der Waals surface area contributed by atoms with Gasteiger partial charge in [-0.05, 0) is 43.5 Å². The molecule has 0 radical (unpaired) electrons. The Morgan fingerprint density at radius 2 is 2.08 bits per heavy atom. The Bertz CT molecular complexity index is 847. The molecule has 1 fully saturated rings. The lowest BCUT2D eigenvalue weighted by Crippen LogP contribution is -2.22. The number of aryl methyl sites for hydroxylation is 2. The van der Waals surface area contributed by atoms with Gasteiger partial charge in [0.1, 0.15) is 5.82 Å². The van der Waals surface area contributed by atoms with Crippen molar-refractivity contribution in [2.75, 3.05) is 22.1 Å². The Morgan fingerprint density at radius 3 is 2.75 bits per heavy atom. The molecule has 0 bridgehead atoms. The molecule has 8 heteroatoms. The van der Waals surface area contributed by atoms with Crippen LogP contribution in [0.4, 0.5) is 17.5 Å². The van der Waals surface area contributed by atoms with Crippen molar-refractivity contribution in [2.45, 2.75) is 26.3 Å². The zero-order chi connectivity index (χ0) is 17.3. The third-order valence-electron chi connectivity index (χ3n) is 3.91. The highest BCUT2D eigenvalue weighted by atomic mass is 35.5. The van der Waals surface area contributed by atoms with E-state index < -0.39 is 9.84 Å². The average molecular weight is 367 g/mol. The molecule has 0 saturated carbocycles. The summed E-state index contributed by atoms with van der Waals surface area (Å²) < 4.78 is 23.1. The summed E-state index contributed by atoms with van der Waals surface area (Å²) in [6.07, 6.45) is 2.20. The molecule has 1 aromatic heterocycles. The largest absolute Gasteiger partial charge is 0.350 e. The van der Waals surface area contributed by atoms with Gasteiger partial charge in [-0.2, -0.15) is 4.98 Å². The first kappa shape index (κ1) is 17.0. The molecule has 6 nitrogen and oxygen atoms in total. The summed E-state index contributed by atoms with van der Waals surface area (Å²) in [5.41, 5.74) is 2.92. The average Bonchev–Trinajstić information content (AvgIpc) is 2.82. The topological polar surface area (TPSA) is 84.0 Å². The van der Waals surface area contributed by atoms with Crippen LogP contribution in [0, 0.1) is 13.8 Å². The molecule has 0 spiro atoms. The second-order valence-electron chi connectivity index (χ2n) is 6.07. The van der Waals surface area contributed by atoms with Gasteiger partial charge in [-0.3, -0.25) is 0 Å². The van der Waals surface area contributed by atoms with Crippen LogP contribution in [0.5, 0.6) is 0 Å². The number of halogens is 1. The van der Waals surface area contributed by atoms with Crippen molar-refractivity contribution in [3.63, 3.8) is 0 Å². The van der Waals surface area contributed by atoms with Gasteiger partial charge in [0.15, 0.2) is 9.84 Å². The molecular formula is C16H19ClN4O2S. The molecule has 1 unspecified atom stereocenters. The van der Waals surface area contributed by atoms with Crippen molar-refractivity contribution in [3.05, 3.63) is 40.5 Å². The van der Waals surface area contributed by atoms with Crippen LogP contribution in [0.2, 0.25) is 5.02 Å². The minimum Gasteiger partial charge on any atom is -0.350 e. The number of sulfone groups is 1. The first-order valence-electron chi connectivity index (χ1n) is 7.66. The molecule has 1 aliphatic rings. The van der Waals surface area contributed by atoms with E-state index >= 15 is 0 Å². The Labute approximate surface area is 146 Å². The number of aromatic nitrogens is 2. The van der Waals surface area contributed by atoms with Crippen LogP contribution in [0.1, 0.15) is 17.5 Å². The smallest absolute Gasteiger partial charge is 0.224 e. The van der Waals surface area contributed by atoms with Crippen molar-refractivity contribution < 1.29 is 8.42 Å². The quantitative estimate of drug-likeness (QED) is 0.865. The van der Waals surface area contributed by atoms with Crippen molar-refractivity contribution >= 4 is 38.9 Å². The van der Waals surface area contributed by atoms with E-state index in [1.807, 2.05) is 26.0 Å². The first-order chi connectivity index (χ1) is 11.3. The number of nitrogens with zero attached hydrogens (tertiary/aromatic N) is 2. The summed E-state index contributed by atoms with van der Waals surface area (Å²) in [6, 6.07) is 5.53. The summed E-state index contributed by atoms with van der Waals surface area (Å²) in [4.78, 5) is 8.56. The van der Waals surface area contributed by atoms with E-state index in [0.29, 0.717) is 23.2 Å². The number of benzene rings is 1. The number of hydrogen-bond acceptors (Lipinski definition) is 6. The van der Waals surface area contributed by atoms with E-state index in [1.165, 1.54) is 0 Å². The number of hydrogen-bond donors (Lipinski definition) is 2. The van der Waals surface area contributed by atoms with Gasteiger partial charge < -0.3 is 10.6 Å². The first-order valence-corrected chi connectivity index (χ1v) is 9.86. The molecule has 2 N–H and O–H groups in total. The van der Waals surface area contributed by atoms with E-state index in [-0.39, 0.29) is 17.5 Å². The van der Waals surface area contributed by atoms with Crippen LogP contribution in [-0.4, -0.2) is 35.9 Å². The molecule has 1 aromatic carbocycles. The van der Waals surface area contributed by atoms with Gasteiger partial charge >= 0.3 is 0 Å². The maximum Gasteiger partial charge on any atom is 0.224 e. The number of nitrogens with one attached hydrogen (secondary N) is 2. The van der Waals surface area contributed by atoms with Crippen molar-refractivity contribution in [1.82, 2.24) is 9.97 Å². The highest BCUT2D eigenvalue weighted by Gasteiger charge is 2.28. The minimum atomic E-state index is -2.94. The van der Waals surface area contributed by atoms with E-state index in [2.05, 4.69) is 20.6 Å². The standard InChI is InChI=1S/C16H19ClN4O2S/c1-10-7-11(2)15(13(17)8-10)20-14-3-5-18-16(21-14)19-12-4-6-24(22,23)9-12/h3,5,7-8,12H,4,6,9H2,1-2H3,(H2,18,19,20,21). The highest BCUT2D eigenvalue weighted by Crippen LogP contribution is 2.29. The molecular weight excluding hydrogens is 348 g/mol. The van der Waals surface area contributed by atoms with Gasteiger partial charge in [-0.25, -0.2) is 13.4 Å². The summed E-state index contributed by atoms with van der Waals surface area (Å²) in [6.45, 7) is 3.97. The molecule has 2 aromatic rings. The Kier molecular flexibility index (Phi) is 4.64. The van der Waals surface area contributed by atoms with Crippen LogP contribution in [-0.2, 0) is 9.84 Å². The number of rotatable bonds is 4. The lowest BCUT2D eigenvalue weighted by molar-refractivity contribution is 0.602. The molecule has 2 heterocycles. The van der Waals surface area contributed by atoms with E-state index in [4.69, 9.17) is 11.6 Å². The zero-order valence-corrected chi connectivity index (χ0v) is 15.1. The highest BCUT2D eigenvalue weighted by molar-refractivity contribution is 7.91. The summed E-state index contributed by atoms with van der Waals surface area (Å²) in [7, 11) is -2.94. The molecule has 128 valence electrons. The molecule has 1 saturated heterocycles. The minimum absolute atomic E-state index is 0.122. The van der Waals surface area contributed by atoms with Crippen LogP contribution < -0.4 is 10.6 Å². The normalized spacial score (nSPS) is 19.2. The molecule has 1 aliphatic heterocycles. The van der Waals surface area contributed by atoms with Gasteiger partial charge in [-0.1, -0.05) is 17.7 Å². The van der Waals surface area contributed by atoms with Crippen LogP contribution in [0.25, 0.3) is 0 Å². The van der Waals surface area contributed by atoms with E-state index in [1.54, 1.807) is 12.3 Å². The lowest BCUT2D eigenvalue weighted by atomic mass is 10.1. The molecule has 24 heavy (non-hydrogen) atoms.